The number of nitrogens with zero attached hydrogens (tertiary/aromatic N) is 2. The number of rotatable bonds is 1. The standard InChI is InChI=1S/C6H7N3S/c1-6(8,4-7)5-9-2-3-10-5/h2-3H,8H2,1H3. The van der Waals surface area contributed by atoms with E-state index in [2.05, 4.69) is 4.98 Å². The van der Waals surface area contributed by atoms with Crippen LogP contribution in [0.1, 0.15) is 11.9 Å². The first-order chi connectivity index (χ1) is 4.67. The van der Waals surface area contributed by atoms with Crippen LogP contribution >= 0.6 is 11.3 Å². The highest BCUT2D eigenvalue weighted by atomic mass is 32.1. The van der Waals surface area contributed by atoms with Gasteiger partial charge >= 0.3 is 0 Å². The van der Waals surface area contributed by atoms with Crippen LogP contribution in [0.5, 0.6) is 0 Å². The Labute approximate surface area is 63.1 Å². The summed E-state index contributed by atoms with van der Waals surface area (Å²) in [5.74, 6) is 0. The van der Waals surface area contributed by atoms with Gasteiger partial charge in [0.15, 0.2) is 5.54 Å². The van der Waals surface area contributed by atoms with Gasteiger partial charge in [-0.25, -0.2) is 4.98 Å². The minimum atomic E-state index is -0.922. The molecule has 1 rings (SSSR count). The van der Waals surface area contributed by atoms with Crippen molar-refractivity contribution in [2.24, 2.45) is 5.73 Å². The van der Waals surface area contributed by atoms with E-state index in [1.165, 1.54) is 11.3 Å². The molecule has 2 N–H and O–H groups in total. The Morgan fingerprint density at radius 3 is 3.00 bits per heavy atom. The van der Waals surface area contributed by atoms with E-state index in [4.69, 9.17) is 11.0 Å². The minimum Gasteiger partial charge on any atom is -0.308 e. The van der Waals surface area contributed by atoms with Crippen molar-refractivity contribution in [1.82, 2.24) is 4.98 Å². The average Bonchev–Trinajstić information content (AvgIpc) is 2.38. The molecule has 52 valence electrons. The molecule has 1 atom stereocenters. The Hall–Kier alpha value is -0.920. The first kappa shape index (κ1) is 7.19. The van der Waals surface area contributed by atoms with Crippen molar-refractivity contribution in [3.63, 3.8) is 0 Å². The second kappa shape index (κ2) is 2.37. The van der Waals surface area contributed by atoms with Gasteiger partial charge in [0.25, 0.3) is 0 Å². The Morgan fingerprint density at radius 2 is 2.60 bits per heavy atom. The molecule has 0 amide bonds. The molecular weight excluding hydrogens is 146 g/mol. The maximum absolute atomic E-state index is 8.56. The lowest BCUT2D eigenvalue weighted by Crippen LogP contribution is -2.30. The molecule has 0 aliphatic rings. The Kier molecular flexibility index (Phi) is 1.70. The summed E-state index contributed by atoms with van der Waals surface area (Å²) in [4.78, 5) is 3.93. The zero-order chi connectivity index (χ0) is 7.61. The molecule has 1 aromatic heterocycles. The SMILES string of the molecule is CC(N)(C#N)c1nccs1. The van der Waals surface area contributed by atoms with E-state index < -0.39 is 5.54 Å². The largest absolute Gasteiger partial charge is 0.308 e. The summed E-state index contributed by atoms with van der Waals surface area (Å²) in [6, 6.07) is 1.97. The molecule has 0 spiro atoms. The van der Waals surface area contributed by atoms with E-state index in [0.29, 0.717) is 5.01 Å². The molecule has 0 fully saturated rings. The lowest BCUT2D eigenvalue weighted by molar-refractivity contribution is 0.640. The third-order valence-corrected chi connectivity index (χ3v) is 2.12. The van der Waals surface area contributed by atoms with Gasteiger partial charge in [0, 0.05) is 11.6 Å². The Balaban J connectivity index is 2.99. The Morgan fingerprint density at radius 1 is 1.90 bits per heavy atom. The summed E-state index contributed by atoms with van der Waals surface area (Å²) < 4.78 is 0. The van der Waals surface area contributed by atoms with Gasteiger partial charge in [-0.15, -0.1) is 11.3 Å². The summed E-state index contributed by atoms with van der Waals surface area (Å²) in [5, 5.41) is 11.0. The smallest absolute Gasteiger partial charge is 0.153 e. The fraction of sp³-hybridized carbons (Fsp3) is 0.333. The second-order valence-electron chi connectivity index (χ2n) is 2.15. The van der Waals surface area contributed by atoms with Crippen LogP contribution in [0.3, 0.4) is 0 Å². The molecule has 3 nitrogen and oxygen atoms in total. The third kappa shape index (κ3) is 1.15. The van der Waals surface area contributed by atoms with Crippen LogP contribution in [0.15, 0.2) is 11.6 Å². The molecule has 4 heteroatoms. The molecule has 0 aliphatic carbocycles. The normalized spacial score (nSPS) is 15.7. The van der Waals surface area contributed by atoms with Crippen LogP contribution in [0.25, 0.3) is 0 Å². The Bertz CT molecular complexity index is 244. The van der Waals surface area contributed by atoms with Crippen LogP contribution in [0, 0.1) is 11.3 Å². The number of thiazole rings is 1. The monoisotopic (exact) mass is 153 g/mol. The van der Waals surface area contributed by atoms with Crippen LogP contribution < -0.4 is 5.73 Å². The molecular formula is C6H7N3S. The second-order valence-corrected chi connectivity index (χ2v) is 3.05. The summed E-state index contributed by atoms with van der Waals surface area (Å²) in [6.07, 6.45) is 1.64. The highest BCUT2D eigenvalue weighted by molar-refractivity contribution is 7.09. The molecule has 0 radical (unpaired) electrons. The minimum absolute atomic E-state index is 0.662. The van der Waals surface area contributed by atoms with Gasteiger partial charge in [-0.05, 0) is 6.92 Å². The summed E-state index contributed by atoms with van der Waals surface area (Å²) >= 11 is 1.40. The van der Waals surface area contributed by atoms with Gasteiger partial charge < -0.3 is 5.73 Å². The van der Waals surface area contributed by atoms with Crippen molar-refractivity contribution in [1.29, 1.82) is 5.26 Å². The van der Waals surface area contributed by atoms with Crippen molar-refractivity contribution < 1.29 is 0 Å². The fourth-order valence-corrected chi connectivity index (χ4v) is 1.19. The van der Waals surface area contributed by atoms with E-state index in [0.717, 1.165) is 0 Å². The topological polar surface area (TPSA) is 62.7 Å². The van der Waals surface area contributed by atoms with Gasteiger partial charge in [-0.3, -0.25) is 0 Å². The average molecular weight is 153 g/mol. The molecule has 0 saturated carbocycles. The van der Waals surface area contributed by atoms with Gasteiger partial charge in [-0.1, -0.05) is 0 Å². The van der Waals surface area contributed by atoms with E-state index in [1.807, 2.05) is 6.07 Å². The first-order valence-electron chi connectivity index (χ1n) is 2.77. The summed E-state index contributed by atoms with van der Waals surface area (Å²) in [5.41, 5.74) is 4.65. The third-order valence-electron chi connectivity index (χ3n) is 1.11. The highest BCUT2D eigenvalue weighted by Gasteiger charge is 2.22. The zero-order valence-electron chi connectivity index (χ0n) is 5.53. The number of nitrogens with two attached hydrogens (primary N) is 1. The molecule has 1 aromatic rings. The predicted molar refractivity (Wildman–Crippen MR) is 39.3 cm³/mol. The maximum atomic E-state index is 8.56. The van der Waals surface area contributed by atoms with Crippen molar-refractivity contribution in [2.75, 3.05) is 0 Å². The van der Waals surface area contributed by atoms with Gasteiger partial charge in [0.05, 0.1) is 6.07 Å². The number of nitriles is 1. The maximum Gasteiger partial charge on any atom is 0.153 e. The molecule has 1 unspecified atom stereocenters. The van der Waals surface area contributed by atoms with Gasteiger partial charge in [0.2, 0.25) is 0 Å². The molecule has 0 bridgehead atoms. The lowest BCUT2D eigenvalue weighted by atomic mass is 10.1. The van der Waals surface area contributed by atoms with Gasteiger partial charge in [-0.2, -0.15) is 5.26 Å². The van der Waals surface area contributed by atoms with Gasteiger partial charge in [0.1, 0.15) is 5.01 Å². The van der Waals surface area contributed by atoms with Crippen LogP contribution in [-0.4, -0.2) is 4.98 Å². The number of aromatic nitrogens is 1. The van der Waals surface area contributed by atoms with Crippen molar-refractivity contribution in [3.05, 3.63) is 16.6 Å². The fourth-order valence-electron chi connectivity index (χ4n) is 0.528. The summed E-state index contributed by atoms with van der Waals surface area (Å²) in [6.45, 7) is 1.64. The molecule has 0 aliphatic heterocycles. The van der Waals surface area contributed by atoms with Crippen molar-refractivity contribution in [2.45, 2.75) is 12.5 Å². The molecule has 0 aromatic carbocycles. The number of hydrogen-bond donors (Lipinski definition) is 1. The zero-order valence-corrected chi connectivity index (χ0v) is 6.35. The van der Waals surface area contributed by atoms with Crippen LogP contribution in [0.4, 0.5) is 0 Å². The van der Waals surface area contributed by atoms with E-state index in [-0.39, 0.29) is 0 Å². The summed E-state index contributed by atoms with van der Waals surface area (Å²) in [7, 11) is 0. The van der Waals surface area contributed by atoms with Crippen molar-refractivity contribution in [3.8, 4) is 6.07 Å². The van der Waals surface area contributed by atoms with Crippen LogP contribution in [0.2, 0.25) is 0 Å². The molecule has 1 heterocycles. The molecule has 10 heavy (non-hydrogen) atoms. The van der Waals surface area contributed by atoms with E-state index in [9.17, 15) is 0 Å². The first-order valence-corrected chi connectivity index (χ1v) is 3.65. The van der Waals surface area contributed by atoms with Crippen molar-refractivity contribution >= 4 is 11.3 Å². The highest BCUT2D eigenvalue weighted by Crippen LogP contribution is 2.18. The van der Waals surface area contributed by atoms with E-state index in [1.54, 1.807) is 18.5 Å². The predicted octanol–water partition coefficient (Wildman–Crippen LogP) is 0.841. The number of hydrogen-bond acceptors (Lipinski definition) is 4. The van der Waals surface area contributed by atoms with Crippen LogP contribution in [-0.2, 0) is 5.54 Å². The lowest BCUT2D eigenvalue weighted by Gasteiger charge is -2.09. The van der Waals surface area contributed by atoms with E-state index >= 15 is 0 Å². The quantitative estimate of drug-likeness (QED) is 0.650. The molecule has 0 saturated heterocycles.